The Morgan fingerprint density at radius 1 is 1.00 bits per heavy atom. The molecule has 0 N–H and O–H groups in total. The van der Waals surface area contributed by atoms with Crippen LogP contribution in [0.1, 0.15) is 13.8 Å². The second kappa shape index (κ2) is 7.51. The van der Waals surface area contributed by atoms with E-state index in [9.17, 15) is 18.0 Å². The molecule has 154 valence electrons. The van der Waals surface area contributed by atoms with Crippen LogP contribution in [-0.2, 0) is 14.6 Å². The van der Waals surface area contributed by atoms with Crippen LogP contribution in [0.2, 0.25) is 0 Å². The average Bonchev–Trinajstić information content (AvgIpc) is 2.65. The van der Waals surface area contributed by atoms with Gasteiger partial charge in [-0.3, -0.25) is 9.69 Å². The molecule has 2 aromatic carbocycles. The molecule has 1 aliphatic rings. The number of carbonyl (C=O) groups is 2. The quantitative estimate of drug-likeness (QED) is 0.755. The fourth-order valence-corrected chi connectivity index (χ4v) is 4.23. The summed E-state index contributed by atoms with van der Waals surface area (Å²) in [6, 6.07) is 11.9. The Kier molecular flexibility index (Phi) is 5.40. The number of carbonyl (C=O) groups excluding carboxylic acids is 2. The van der Waals surface area contributed by atoms with Crippen LogP contribution in [0.4, 0.5) is 16.2 Å². The Balaban J connectivity index is 2.11. The van der Waals surface area contributed by atoms with Gasteiger partial charge in [-0.25, -0.2) is 13.2 Å². The summed E-state index contributed by atoms with van der Waals surface area (Å²) in [7, 11) is 0.113. The van der Waals surface area contributed by atoms with E-state index in [0.717, 1.165) is 11.1 Å². The van der Waals surface area contributed by atoms with E-state index in [0.29, 0.717) is 17.9 Å². The lowest BCUT2D eigenvalue weighted by atomic mass is 10.0. The molecule has 7 nitrogen and oxygen atoms in total. The summed E-state index contributed by atoms with van der Waals surface area (Å²) < 4.78 is 23.4. The predicted octanol–water partition coefficient (Wildman–Crippen LogP) is 3.00. The molecule has 29 heavy (non-hydrogen) atoms. The number of sulfone groups is 1. The number of urea groups is 1. The van der Waals surface area contributed by atoms with Crippen molar-refractivity contribution >= 4 is 33.2 Å². The second-order valence-electron chi connectivity index (χ2n) is 7.53. The molecular weight excluding hydrogens is 390 g/mol. The van der Waals surface area contributed by atoms with Crippen LogP contribution in [0.5, 0.6) is 0 Å². The first-order chi connectivity index (χ1) is 13.5. The number of nitrogens with zero attached hydrogens (tertiary/aromatic N) is 3. The second-order valence-corrected chi connectivity index (χ2v) is 9.54. The highest BCUT2D eigenvalue weighted by molar-refractivity contribution is 7.90. The van der Waals surface area contributed by atoms with Crippen molar-refractivity contribution in [3.63, 3.8) is 0 Å². The van der Waals surface area contributed by atoms with Gasteiger partial charge in [0, 0.05) is 33.8 Å². The highest BCUT2D eigenvalue weighted by atomic mass is 32.2. The van der Waals surface area contributed by atoms with Gasteiger partial charge in [-0.05, 0) is 42.3 Å². The Hall–Kier alpha value is -2.87. The standard InChI is InChI=1S/C21H25N3O4S/c1-14-13-23(21(26)22(3)4)20-12-17(8-11-19(20)24(14)15(2)25)16-6-9-18(10-7-16)29(5,27)28/h6-12,14H,13H2,1-5H3/t14-/m0/s1. The number of hydrogen-bond acceptors (Lipinski definition) is 4. The lowest BCUT2D eigenvalue weighted by molar-refractivity contribution is -0.117. The van der Waals surface area contributed by atoms with Gasteiger partial charge in [-0.1, -0.05) is 18.2 Å². The average molecular weight is 416 g/mol. The van der Waals surface area contributed by atoms with Gasteiger partial charge in [-0.15, -0.1) is 0 Å². The number of fused-ring (bicyclic) bond motifs is 1. The van der Waals surface area contributed by atoms with Gasteiger partial charge in [0.1, 0.15) is 0 Å². The molecular formula is C21H25N3O4S. The van der Waals surface area contributed by atoms with Crippen LogP contribution in [0.15, 0.2) is 47.4 Å². The largest absolute Gasteiger partial charge is 0.330 e. The van der Waals surface area contributed by atoms with E-state index < -0.39 is 9.84 Å². The molecule has 0 fully saturated rings. The number of amides is 3. The minimum absolute atomic E-state index is 0.0824. The monoisotopic (exact) mass is 415 g/mol. The molecule has 3 rings (SSSR count). The van der Waals surface area contributed by atoms with Crippen molar-refractivity contribution in [1.82, 2.24) is 4.90 Å². The van der Waals surface area contributed by atoms with Crippen LogP contribution in [0, 0.1) is 0 Å². The maximum Gasteiger partial charge on any atom is 0.324 e. The van der Waals surface area contributed by atoms with Gasteiger partial charge in [-0.2, -0.15) is 0 Å². The molecule has 0 radical (unpaired) electrons. The molecule has 8 heteroatoms. The highest BCUT2D eigenvalue weighted by Crippen LogP contribution is 2.39. The molecule has 0 spiro atoms. The van der Waals surface area contributed by atoms with E-state index in [2.05, 4.69) is 0 Å². The molecule has 1 heterocycles. The minimum atomic E-state index is -3.27. The Labute approximate surface area is 171 Å². The molecule has 0 saturated carbocycles. The van der Waals surface area contributed by atoms with Crippen LogP contribution < -0.4 is 9.80 Å². The van der Waals surface area contributed by atoms with Gasteiger partial charge in [0.25, 0.3) is 0 Å². The zero-order valence-electron chi connectivity index (χ0n) is 17.2. The third-order valence-corrected chi connectivity index (χ3v) is 6.11. The van der Waals surface area contributed by atoms with Gasteiger partial charge in [0.2, 0.25) is 5.91 Å². The summed E-state index contributed by atoms with van der Waals surface area (Å²) in [5.41, 5.74) is 2.99. The molecule has 3 amide bonds. The molecule has 1 aliphatic heterocycles. The van der Waals surface area contributed by atoms with E-state index in [4.69, 9.17) is 0 Å². The minimum Gasteiger partial charge on any atom is -0.330 e. The summed E-state index contributed by atoms with van der Waals surface area (Å²) >= 11 is 0. The van der Waals surface area contributed by atoms with E-state index in [1.54, 1.807) is 48.2 Å². The smallest absolute Gasteiger partial charge is 0.324 e. The highest BCUT2D eigenvalue weighted by Gasteiger charge is 2.34. The summed E-state index contributed by atoms with van der Waals surface area (Å²) in [6.07, 6.45) is 1.17. The van der Waals surface area contributed by atoms with Gasteiger partial charge >= 0.3 is 6.03 Å². The molecule has 0 aromatic heterocycles. The SMILES string of the molecule is CC(=O)N1c2ccc(-c3ccc(S(C)(=O)=O)cc3)cc2N(C(=O)N(C)C)C[C@@H]1C. The lowest BCUT2D eigenvalue weighted by Crippen LogP contribution is -2.53. The summed E-state index contributed by atoms with van der Waals surface area (Å²) in [6.45, 7) is 3.82. The van der Waals surface area contributed by atoms with E-state index in [-0.39, 0.29) is 22.9 Å². The zero-order valence-corrected chi connectivity index (χ0v) is 18.0. The Morgan fingerprint density at radius 2 is 1.59 bits per heavy atom. The summed E-state index contributed by atoms with van der Waals surface area (Å²) in [4.78, 5) is 30.1. The number of rotatable bonds is 2. The van der Waals surface area contributed by atoms with Crippen molar-refractivity contribution in [3.05, 3.63) is 42.5 Å². The van der Waals surface area contributed by atoms with Crippen LogP contribution >= 0.6 is 0 Å². The lowest BCUT2D eigenvalue weighted by Gasteiger charge is -2.41. The van der Waals surface area contributed by atoms with Crippen molar-refractivity contribution < 1.29 is 18.0 Å². The number of benzene rings is 2. The van der Waals surface area contributed by atoms with Gasteiger partial charge in [0.05, 0.1) is 22.3 Å². The third-order valence-electron chi connectivity index (χ3n) is 4.98. The Bertz CT molecular complexity index is 1060. The maximum atomic E-state index is 12.8. The summed E-state index contributed by atoms with van der Waals surface area (Å²) in [5, 5.41) is 0. The first kappa shape index (κ1) is 20.9. The number of anilines is 2. The van der Waals surface area contributed by atoms with Crippen molar-refractivity contribution in [1.29, 1.82) is 0 Å². The molecule has 2 aromatic rings. The Morgan fingerprint density at radius 3 is 2.10 bits per heavy atom. The third kappa shape index (κ3) is 3.98. The van der Waals surface area contributed by atoms with Crippen molar-refractivity contribution in [2.24, 2.45) is 0 Å². The van der Waals surface area contributed by atoms with Crippen LogP contribution in [0.25, 0.3) is 11.1 Å². The molecule has 0 aliphatic carbocycles. The first-order valence-corrected chi connectivity index (χ1v) is 11.1. The normalized spacial score (nSPS) is 16.4. The fraction of sp³-hybridized carbons (Fsp3) is 0.333. The molecule has 1 atom stereocenters. The predicted molar refractivity (Wildman–Crippen MR) is 114 cm³/mol. The maximum absolute atomic E-state index is 12.8. The summed E-state index contributed by atoms with van der Waals surface area (Å²) in [5.74, 6) is -0.0824. The molecule has 0 bridgehead atoms. The van der Waals surface area contributed by atoms with Crippen molar-refractivity contribution in [3.8, 4) is 11.1 Å². The molecule has 0 unspecified atom stereocenters. The topological polar surface area (TPSA) is 78.0 Å². The zero-order chi connectivity index (χ0) is 21.5. The van der Waals surface area contributed by atoms with Crippen LogP contribution in [0.3, 0.4) is 0 Å². The fourth-order valence-electron chi connectivity index (χ4n) is 3.60. The van der Waals surface area contributed by atoms with E-state index in [1.807, 2.05) is 25.1 Å². The van der Waals surface area contributed by atoms with E-state index >= 15 is 0 Å². The van der Waals surface area contributed by atoms with Gasteiger partial charge < -0.3 is 9.80 Å². The van der Waals surface area contributed by atoms with E-state index in [1.165, 1.54) is 18.1 Å². The first-order valence-electron chi connectivity index (χ1n) is 9.24. The van der Waals surface area contributed by atoms with Crippen molar-refractivity contribution in [2.45, 2.75) is 24.8 Å². The van der Waals surface area contributed by atoms with Gasteiger partial charge in [0.15, 0.2) is 9.84 Å². The number of hydrogen-bond donors (Lipinski definition) is 0. The van der Waals surface area contributed by atoms with Crippen LogP contribution in [-0.4, -0.2) is 58.2 Å². The van der Waals surface area contributed by atoms with Crippen molar-refractivity contribution in [2.75, 3.05) is 36.7 Å². The molecule has 0 saturated heterocycles.